The number of rotatable bonds is 14. The van der Waals surface area contributed by atoms with Gasteiger partial charge in [0.1, 0.15) is 0 Å². The van der Waals surface area contributed by atoms with Crippen LogP contribution in [-0.2, 0) is 10.0 Å². The van der Waals surface area contributed by atoms with E-state index < -0.39 is 15.3 Å². The minimum absolute atomic E-state index is 0.397. The number of nitriles is 2. The molecule has 1 atom stereocenters. The summed E-state index contributed by atoms with van der Waals surface area (Å²) in [6, 6.07) is 4.02. The molecule has 0 aliphatic rings. The Kier molecular flexibility index (Phi) is 12.9. The van der Waals surface area contributed by atoms with E-state index in [2.05, 4.69) is 17.7 Å². The molecule has 1 unspecified atom stereocenters. The lowest BCUT2D eigenvalue weighted by Crippen LogP contribution is -2.34. The first kappa shape index (κ1) is 20.9. The molecule has 6 heteroatoms. The quantitative estimate of drug-likeness (QED) is 0.493. The summed E-state index contributed by atoms with van der Waals surface area (Å²) in [7, 11) is -3.52. The van der Waals surface area contributed by atoms with Crippen LogP contribution < -0.4 is 4.72 Å². The van der Waals surface area contributed by atoms with E-state index in [1.165, 1.54) is 0 Å². The van der Waals surface area contributed by atoms with Gasteiger partial charge in [-0.1, -0.05) is 51.9 Å². The average molecular weight is 327 g/mol. The number of unbranched alkanes of at least 4 members (excludes halogenated alkanes) is 8. The fourth-order valence-electron chi connectivity index (χ4n) is 2.22. The van der Waals surface area contributed by atoms with Gasteiger partial charge in [0.15, 0.2) is 5.25 Å². The zero-order chi connectivity index (χ0) is 16.7. The molecule has 0 saturated carbocycles. The Labute approximate surface area is 135 Å². The summed E-state index contributed by atoms with van der Waals surface area (Å²) in [5.41, 5.74) is 0. The molecule has 0 spiro atoms. The second kappa shape index (κ2) is 13.5. The van der Waals surface area contributed by atoms with Crippen molar-refractivity contribution in [2.24, 2.45) is 0 Å². The molecule has 126 valence electrons. The molecule has 0 aromatic rings. The van der Waals surface area contributed by atoms with E-state index in [4.69, 9.17) is 10.5 Å². The first-order chi connectivity index (χ1) is 10.6. The van der Waals surface area contributed by atoms with Crippen molar-refractivity contribution in [3.8, 4) is 12.1 Å². The maximum absolute atomic E-state index is 12.0. The standard InChI is InChI=1S/C16H29N3O2S/c1-2-3-4-9-12-16(15-18)22(20,21)19-14-11-8-6-5-7-10-13-17/h16,19H,2-12,14H2,1H3. The van der Waals surface area contributed by atoms with E-state index in [-0.39, 0.29) is 0 Å². The third-order valence-electron chi connectivity index (χ3n) is 3.61. The van der Waals surface area contributed by atoms with Crippen molar-refractivity contribution < 1.29 is 8.42 Å². The van der Waals surface area contributed by atoms with Crippen molar-refractivity contribution >= 4 is 10.0 Å². The third-order valence-corrected chi connectivity index (χ3v) is 5.30. The summed E-state index contributed by atoms with van der Waals surface area (Å²) in [4.78, 5) is 0. The van der Waals surface area contributed by atoms with Crippen LogP contribution in [0.5, 0.6) is 0 Å². The summed E-state index contributed by atoms with van der Waals surface area (Å²) in [5.74, 6) is 0. The van der Waals surface area contributed by atoms with Gasteiger partial charge in [0.2, 0.25) is 10.0 Å². The van der Waals surface area contributed by atoms with E-state index in [0.29, 0.717) is 19.4 Å². The summed E-state index contributed by atoms with van der Waals surface area (Å²) in [6.45, 7) is 2.49. The minimum Gasteiger partial charge on any atom is -0.214 e. The Morgan fingerprint density at radius 1 is 0.955 bits per heavy atom. The minimum atomic E-state index is -3.52. The highest BCUT2D eigenvalue weighted by molar-refractivity contribution is 7.90. The molecule has 0 aromatic carbocycles. The Morgan fingerprint density at radius 2 is 1.59 bits per heavy atom. The van der Waals surface area contributed by atoms with E-state index in [9.17, 15) is 8.42 Å². The second-order valence-electron chi connectivity index (χ2n) is 5.58. The molecule has 0 saturated heterocycles. The van der Waals surface area contributed by atoms with Gasteiger partial charge in [-0.05, 0) is 19.3 Å². The molecule has 0 aliphatic heterocycles. The summed E-state index contributed by atoms with van der Waals surface area (Å²) in [5, 5.41) is 16.5. The van der Waals surface area contributed by atoms with Crippen molar-refractivity contribution in [3.63, 3.8) is 0 Å². The van der Waals surface area contributed by atoms with Crippen LogP contribution in [0.15, 0.2) is 0 Å². The lowest BCUT2D eigenvalue weighted by atomic mass is 10.1. The summed E-state index contributed by atoms with van der Waals surface area (Å²) < 4.78 is 26.6. The molecule has 1 N–H and O–H groups in total. The van der Waals surface area contributed by atoms with Crippen LogP contribution in [0.4, 0.5) is 0 Å². The molecule has 0 rings (SSSR count). The molecule has 0 amide bonds. The Hall–Kier alpha value is -1.11. The summed E-state index contributed by atoms with van der Waals surface area (Å²) >= 11 is 0. The van der Waals surface area contributed by atoms with Crippen molar-refractivity contribution in [2.45, 2.75) is 82.8 Å². The van der Waals surface area contributed by atoms with Crippen LogP contribution in [0.3, 0.4) is 0 Å². The molecular weight excluding hydrogens is 298 g/mol. The average Bonchev–Trinajstić information content (AvgIpc) is 2.49. The topological polar surface area (TPSA) is 93.8 Å². The zero-order valence-corrected chi connectivity index (χ0v) is 14.5. The molecule has 22 heavy (non-hydrogen) atoms. The van der Waals surface area contributed by atoms with Crippen LogP contribution in [0.2, 0.25) is 0 Å². The van der Waals surface area contributed by atoms with Gasteiger partial charge in [0.05, 0.1) is 12.1 Å². The molecular formula is C16H29N3O2S. The lowest BCUT2D eigenvalue weighted by molar-refractivity contribution is 0.553. The predicted octanol–water partition coefficient (Wildman–Crippen LogP) is 3.63. The molecule has 5 nitrogen and oxygen atoms in total. The van der Waals surface area contributed by atoms with Crippen molar-refractivity contribution in [2.75, 3.05) is 6.54 Å². The predicted molar refractivity (Wildman–Crippen MR) is 88.4 cm³/mol. The van der Waals surface area contributed by atoms with Crippen LogP contribution in [0, 0.1) is 22.7 Å². The molecule has 0 bridgehead atoms. The highest BCUT2D eigenvalue weighted by Crippen LogP contribution is 2.11. The largest absolute Gasteiger partial charge is 0.227 e. The van der Waals surface area contributed by atoms with Crippen molar-refractivity contribution in [3.05, 3.63) is 0 Å². The van der Waals surface area contributed by atoms with E-state index in [1.807, 2.05) is 6.07 Å². The van der Waals surface area contributed by atoms with E-state index in [1.54, 1.807) is 0 Å². The first-order valence-corrected chi connectivity index (χ1v) is 9.88. The number of hydrogen-bond acceptors (Lipinski definition) is 4. The smallest absolute Gasteiger partial charge is 0.214 e. The number of nitrogens with zero attached hydrogens (tertiary/aromatic N) is 2. The molecule has 0 radical (unpaired) electrons. The van der Waals surface area contributed by atoms with Crippen molar-refractivity contribution in [1.82, 2.24) is 4.72 Å². The highest BCUT2D eigenvalue weighted by atomic mass is 32.2. The van der Waals surface area contributed by atoms with Crippen LogP contribution in [0.25, 0.3) is 0 Å². The molecule has 0 aromatic heterocycles. The summed E-state index contributed by atoms with van der Waals surface area (Å²) in [6.07, 6.45) is 9.61. The van der Waals surface area contributed by atoms with Gasteiger partial charge < -0.3 is 0 Å². The van der Waals surface area contributed by atoms with Gasteiger partial charge in [-0.25, -0.2) is 13.1 Å². The molecule has 0 heterocycles. The van der Waals surface area contributed by atoms with Gasteiger partial charge >= 0.3 is 0 Å². The van der Waals surface area contributed by atoms with Gasteiger partial charge in [0.25, 0.3) is 0 Å². The maximum atomic E-state index is 12.0. The monoisotopic (exact) mass is 327 g/mol. The fraction of sp³-hybridized carbons (Fsp3) is 0.875. The van der Waals surface area contributed by atoms with Gasteiger partial charge in [-0.15, -0.1) is 0 Å². The Morgan fingerprint density at radius 3 is 2.23 bits per heavy atom. The Balaban J connectivity index is 3.86. The fourth-order valence-corrected chi connectivity index (χ4v) is 3.47. The van der Waals surface area contributed by atoms with E-state index in [0.717, 1.165) is 57.8 Å². The van der Waals surface area contributed by atoms with Crippen molar-refractivity contribution in [1.29, 1.82) is 10.5 Å². The van der Waals surface area contributed by atoms with E-state index >= 15 is 0 Å². The number of sulfonamides is 1. The molecule has 0 fully saturated rings. The first-order valence-electron chi connectivity index (χ1n) is 8.33. The SMILES string of the molecule is CCCCCCC(C#N)S(=O)(=O)NCCCCCCCC#N. The lowest BCUT2D eigenvalue weighted by Gasteiger charge is -2.11. The maximum Gasteiger partial charge on any atom is 0.227 e. The van der Waals surface area contributed by atoms with Gasteiger partial charge in [-0.3, -0.25) is 0 Å². The third kappa shape index (κ3) is 10.6. The Bertz CT molecular complexity index is 449. The number of hydrogen-bond donors (Lipinski definition) is 1. The van der Waals surface area contributed by atoms with Gasteiger partial charge in [0, 0.05) is 13.0 Å². The molecule has 0 aliphatic carbocycles. The zero-order valence-electron chi connectivity index (χ0n) is 13.7. The number of nitrogens with one attached hydrogen (secondary N) is 1. The normalized spacial score (nSPS) is 12.5. The van der Waals surface area contributed by atoms with Crippen LogP contribution >= 0.6 is 0 Å². The van der Waals surface area contributed by atoms with Crippen LogP contribution in [0.1, 0.15) is 77.6 Å². The highest BCUT2D eigenvalue weighted by Gasteiger charge is 2.23. The van der Waals surface area contributed by atoms with Crippen LogP contribution in [-0.4, -0.2) is 20.2 Å². The second-order valence-corrected chi connectivity index (χ2v) is 7.53. The van der Waals surface area contributed by atoms with Gasteiger partial charge in [-0.2, -0.15) is 10.5 Å².